The summed E-state index contributed by atoms with van der Waals surface area (Å²) in [7, 11) is 0. The third-order valence-corrected chi connectivity index (χ3v) is 12.5. The SMILES string of the molecule is Cc1cccc([C@H]2C3=CC[C@@H]4C(=O)N(Cc5cccs5)C(=O)[C@@H]4[C@@H]3C[C@H]3C(=O)N(Nc4ncc(C(F)(F)F)cc4Cl)C(=O)[C@@]23c2ccc(Cl)cc2)c1O. The Morgan fingerprint density at radius 1 is 1.00 bits per heavy atom. The monoisotopic (exact) mass is 780 g/mol. The molecule has 4 amide bonds. The van der Waals surface area contributed by atoms with Gasteiger partial charge < -0.3 is 5.11 Å². The van der Waals surface area contributed by atoms with Gasteiger partial charge in [-0.05, 0) is 66.5 Å². The molecule has 4 heterocycles. The van der Waals surface area contributed by atoms with Gasteiger partial charge in [0, 0.05) is 27.6 Å². The van der Waals surface area contributed by atoms with Crippen molar-refractivity contribution >= 4 is 64.0 Å². The first-order valence-electron chi connectivity index (χ1n) is 16.7. The lowest BCUT2D eigenvalue weighted by Crippen LogP contribution is -2.53. The molecular formula is C38H29Cl2F3N4O5S. The van der Waals surface area contributed by atoms with Crippen molar-refractivity contribution in [3.8, 4) is 5.75 Å². The number of hydrogen-bond donors (Lipinski definition) is 2. The molecule has 53 heavy (non-hydrogen) atoms. The average molecular weight is 782 g/mol. The highest BCUT2D eigenvalue weighted by Gasteiger charge is 2.70. The van der Waals surface area contributed by atoms with Crippen LogP contribution >= 0.6 is 34.5 Å². The van der Waals surface area contributed by atoms with E-state index in [-0.39, 0.29) is 42.8 Å². The Hall–Kier alpha value is -4.72. The number of nitrogens with zero attached hydrogens (tertiary/aromatic N) is 3. The molecule has 2 aliphatic heterocycles. The topological polar surface area (TPSA) is 120 Å². The van der Waals surface area contributed by atoms with Crippen LogP contribution in [0.1, 0.15) is 45.9 Å². The Morgan fingerprint density at radius 2 is 1.75 bits per heavy atom. The number of nitrogens with one attached hydrogen (secondary N) is 1. The van der Waals surface area contributed by atoms with E-state index in [0.717, 1.165) is 9.89 Å². The summed E-state index contributed by atoms with van der Waals surface area (Å²) >= 11 is 14.0. The van der Waals surface area contributed by atoms with Crippen LogP contribution in [0.2, 0.25) is 10.0 Å². The number of alkyl halides is 3. The van der Waals surface area contributed by atoms with E-state index in [1.54, 1.807) is 49.4 Å². The van der Waals surface area contributed by atoms with Gasteiger partial charge in [-0.2, -0.15) is 18.2 Å². The van der Waals surface area contributed by atoms with Crippen LogP contribution in [0.25, 0.3) is 0 Å². The number of benzene rings is 2. The fourth-order valence-corrected chi connectivity index (χ4v) is 9.85. The molecule has 0 spiro atoms. The molecule has 9 nitrogen and oxygen atoms in total. The molecule has 2 aromatic carbocycles. The average Bonchev–Trinajstić information content (AvgIpc) is 3.78. The minimum Gasteiger partial charge on any atom is -0.507 e. The van der Waals surface area contributed by atoms with Gasteiger partial charge in [-0.3, -0.25) is 29.5 Å². The highest BCUT2D eigenvalue weighted by Crippen LogP contribution is 2.65. The molecule has 3 fully saturated rings. The number of halogens is 5. The van der Waals surface area contributed by atoms with Gasteiger partial charge in [0.05, 0.1) is 40.3 Å². The lowest BCUT2D eigenvalue weighted by Gasteiger charge is -2.50. The molecule has 2 aliphatic carbocycles. The van der Waals surface area contributed by atoms with Crippen LogP contribution in [0, 0.1) is 30.6 Å². The van der Waals surface area contributed by atoms with Crippen molar-refractivity contribution < 1.29 is 37.5 Å². The molecule has 8 rings (SSSR count). The van der Waals surface area contributed by atoms with E-state index in [0.29, 0.717) is 39.5 Å². The summed E-state index contributed by atoms with van der Waals surface area (Å²) in [6.45, 7) is 1.81. The maximum atomic E-state index is 15.2. The van der Waals surface area contributed by atoms with Crippen LogP contribution < -0.4 is 5.43 Å². The van der Waals surface area contributed by atoms with Gasteiger partial charge >= 0.3 is 6.18 Å². The first-order chi connectivity index (χ1) is 25.2. The summed E-state index contributed by atoms with van der Waals surface area (Å²) in [5.41, 5.74) is 1.59. The second-order valence-electron chi connectivity index (χ2n) is 13.8. The number of carbonyl (C=O) groups is 4. The standard InChI is InChI=1S/C38H29Cl2F3N4O5S/c1-18-4-2-6-25(31(18)48)30-23-11-12-24-29(35(51)46(33(24)49)17-22-5-3-13-53-22)26(23)15-27-34(50)47(36(52)37(27,30)19-7-9-21(39)10-8-19)45-32-28(40)14-20(16-44-32)38(41,42)43/h2-11,13-14,16,24,26-27,29-30,48H,12,15,17H2,1H3,(H,44,45)/t24-,26+,27-,29-,30+,37+/m0/s1. The van der Waals surface area contributed by atoms with Crippen molar-refractivity contribution in [3.05, 3.63) is 121 Å². The van der Waals surface area contributed by atoms with Gasteiger partial charge in [0.25, 0.3) is 11.8 Å². The lowest BCUT2D eigenvalue weighted by atomic mass is 9.49. The molecule has 0 radical (unpaired) electrons. The fraction of sp³-hybridized carbons (Fsp3) is 0.289. The largest absolute Gasteiger partial charge is 0.507 e. The van der Waals surface area contributed by atoms with Crippen molar-refractivity contribution in [2.75, 3.05) is 5.43 Å². The number of imide groups is 2. The highest BCUT2D eigenvalue weighted by atomic mass is 35.5. The maximum absolute atomic E-state index is 15.2. The number of allylic oxidation sites excluding steroid dienone is 2. The Balaban J connectivity index is 1.30. The zero-order valence-corrected chi connectivity index (χ0v) is 30.1. The van der Waals surface area contributed by atoms with Crippen LogP contribution in [-0.4, -0.2) is 43.6 Å². The van der Waals surface area contributed by atoms with Gasteiger partial charge in [0.2, 0.25) is 11.8 Å². The number of amides is 4. The predicted octanol–water partition coefficient (Wildman–Crippen LogP) is 7.67. The first-order valence-corrected chi connectivity index (χ1v) is 18.4. The first kappa shape index (κ1) is 35.3. The summed E-state index contributed by atoms with van der Waals surface area (Å²) in [6.07, 6.45) is -2.17. The molecule has 4 aliphatic rings. The summed E-state index contributed by atoms with van der Waals surface area (Å²) in [4.78, 5) is 64.1. The summed E-state index contributed by atoms with van der Waals surface area (Å²) < 4.78 is 40.3. The molecule has 0 unspecified atom stereocenters. The quantitative estimate of drug-likeness (QED) is 0.152. The number of anilines is 1. The zero-order chi connectivity index (χ0) is 37.6. The van der Waals surface area contributed by atoms with E-state index in [9.17, 15) is 32.7 Å². The van der Waals surface area contributed by atoms with Crippen LogP contribution in [0.15, 0.2) is 83.9 Å². The second-order valence-corrected chi connectivity index (χ2v) is 15.6. The van der Waals surface area contributed by atoms with E-state index in [2.05, 4.69) is 10.4 Å². The Labute approximate surface area is 315 Å². The third kappa shape index (κ3) is 5.38. The zero-order valence-electron chi connectivity index (χ0n) is 27.7. The summed E-state index contributed by atoms with van der Waals surface area (Å²) in [6, 6.07) is 15.8. The van der Waals surface area contributed by atoms with E-state index < -0.39 is 63.6 Å². The third-order valence-electron chi connectivity index (χ3n) is 11.1. The number of carbonyl (C=O) groups excluding carboxylic acids is 4. The van der Waals surface area contributed by atoms with Gasteiger partial charge in [-0.1, -0.05) is 71.2 Å². The van der Waals surface area contributed by atoms with E-state index >= 15 is 4.79 Å². The number of pyridine rings is 1. The van der Waals surface area contributed by atoms with Gasteiger partial charge in [-0.15, -0.1) is 11.3 Å². The number of thiophene rings is 1. The van der Waals surface area contributed by atoms with E-state index in [1.165, 1.54) is 16.2 Å². The van der Waals surface area contributed by atoms with Crippen molar-refractivity contribution in [2.24, 2.45) is 23.7 Å². The van der Waals surface area contributed by atoms with Crippen molar-refractivity contribution in [2.45, 2.75) is 43.8 Å². The molecule has 2 aromatic heterocycles. The molecule has 272 valence electrons. The number of phenols is 1. The van der Waals surface area contributed by atoms with Crippen LogP contribution in [0.4, 0.5) is 19.0 Å². The molecule has 4 aromatic rings. The molecule has 6 atom stereocenters. The number of likely N-dealkylation sites (tertiary alicyclic amines) is 1. The number of hydrogen-bond acceptors (Lipinski definition) is 8. The number of aryl methyl sites for hydroxylation is 1. The molecule has 2 saturated heterocycles. The number of rotatable bonds is 6. The van der Waals surface area contributed by atoms with Gasteiger partial charge in [0.15, 0.2) is 5.82 Å². The van der Waals surface area contributed by atoms with Crippen LogP contribution in [0.3, 0.4) is 0 Å². The smallest absolute Gasteiger partial charge is 0.417 e. The Morgan fingerprint density at radius 3 is 2.43 bits per heavy atom. The molecule has 1 saturated carbocycles. The summed E-state index contributed by atoms with van der Waals surface area (Å²) in [5, 5.41) is 14.2. The normalized spacial score (nSPS) is 26.8. The molecular weight excluding hydrogens is 752 g/mol. The maximum Gasteiger partial charge on any atom is 0.417 e. The van der Waals surface area contributed by atoms with Crippen LogP contribution in [-0.2, 0) is 37.3 Å². The second kappa shape index (κ2) is 12.7. The number of aromatic hydroxyl groups is 1. The number of hydrazine groups is 1. The van der Waals surface area contributed by atoms with Crippen LogP contribution in [0.5, 0.6) is 5.75 Å². The minimum absolute atomic E-state index is 0.0263. The number of fused-ring (bicyclic) bond motifs is 4. The minimum atomic E-state index is -4.74. The van der Waals surface area contributed by atoms with Crippen molar-refractivity contribution in [3.63, 3.8) is 0 Å². The number of phenolic OH excluding ortho intramolecular Hbond substituents is 1. The lowest BCUT2D eigenvalue weighted by molar-refractivity contribution is -0.142. The van der Waals surface area contributed by atoms with E-state index in [1.807, 2.05) is 23.6 Å². The molecule has 15 heteroatoms. The van der Waals surface area contributed by atoms with Gasteiger partial charge in [-0.25, -0.2) is 4.98 Å². The predicted molar refractivity (Wildman–Crippen MR) is 190 cm³/mol. The van der Waals surface area contributed by atoms with E-state index in [4.69, 9.17) is 23.2 Å². The summed E-state index contributed by atoms with van der Waals surface area (Å²) in [5.74, 6) is -7.09. The van der Waals surface area contributed by atoms with Crippen molar-refractivity contribution in [1.29, 1.82) is 0 Å². The molecule has 0 bridgehead atoms. The Kier molecular flexibility index (Phi) is 8.47. The van der Waals surface area contributed by atoms with Gasteiger partial charge in [0.1, 0.15) is 5.75 Å². The number of para-hydroxylation sites is 1. The molecule has 2 N–H and O–H groups in total. The van der Waals surface area contributed by atoms with Crippen molar-refractivity contribution in [1.82, 2.24) is 14.9 Å². The highest BCUT2D eigenvalue weighted by molar-refractivity contribution is 7.09. The number of aromatic nitrogens is 1. The Bertz CT molecular complexity index is 2230. The fourth-order valence-electron chi connectivity index (χ4n) is 8.82.